The molecule has 0 heterocycles. The molecule has 0 radical (unpaired) electrons. The van der Waals surface area contributed by atoms with Crippen LogP contribution >= 0.6 is 0 Å². The Labute approximate surface area is 56.4 Å². The predicted octanol–water partition coefficient (Wildman–Crippen LogP) is 1.72. The third-order valence-electron chi connectivity index (χ3n) is 2.07. The SMILES string of the molecule is CC1(C)CCC=C[C@H]1O. The number of aliphatic hydroxyl groups is 1. The van der Waals surface area contributed by atoms with Gasteiger partial charge in [-0.05, 0) is 18.3 Å². The summed E-state index contributed by atoms with van der Waals surface area (Å²) in [4.78, 5) is 0. The van der Waals surface area contributed by atoms with Crippen LogP contribution in [0.5, 0.6) is 0 Å². The lowest BCUT2D eigenvalue weighted by atomic mass is 9.79. The highest BCUT2D eigenvalue weighted by Gasteiger charge is 2.26. The Balaban J connectivity index is 2.66. The summed E-state index contributed by atoms with van der Waals surface area (Å²) in [6.45, 7) is 4.20. The lowest BCUT2D eigenvalue weighted by Crippen LogP contribution is -2.29. The molecule has 0 saturated carbocycles. The number of hydrogen-bond acceptors (Lipinski definition) is 1. The number of allylic oxidation sites excluding steroid dienone is 1. The Kier molecular flexibility index (Phi) is 1.62. The maximum atomic E-state index is 9.35. The van der Waals surface area contributed by atoms with E-state index in [2.05, 4.69) is 19.9 Å². The minimum atomic E-state index is -0.230. The summed E-state index contributed by atoms with van der Waals surface area (Å²) >= 11 is 0. The van der Waals surface area contributed by atoms with E-state index in [1.165, 1.54) is 0 Å². The van der Waals surface area contributed by atoms with E-state index in [1.54, 1.807) is 0 Å². The first-order valence-corrected chi connectivity index (χ1v) is 3.48. The zero-order valence-corrected chi connectivity index (χ0v) is 6.09. The van der Waals surface area contributed by atoms with Crippen molar-refractivity contribution in [1.29, 1.82) is 0 Å². The minimum absolute atomic E-state index is 0.106. The molecule has 1 N–H and O–H groups in total. The molecule has 0 bridgehead atoms. The van der Waals surface area contributed by atoms with Gasteiger partial charge in [0, 0.05) is 0 Å². The number of rotatable bonds is 0. The Morgan fingerprint density at radius 1 is 1.56 bits per heavy atom. The molecule has 1 atom stereocenters. The van der Waals surface area contributed by atoms with Gasteiger partial charge in [0.05, 0.1) is 6.10 Å². The molecule has 1 nitrogen and oxygen atoms in total. The fourth-order valence-corrected chi connectivity index (χ4v) is 1.09. The van der Waals surface area contributed by atoms with Gasteiger partial charge in [-0.15, -0.1) is 0 Å². The van der Waals surface area contributed by atoms with Gasteiger partial charge in [-0.25, -0.2) is 0 Å². The van der Waals surface area contributed by atoms with Gasteiger partial charge < -0.3 is 5.11 Å². The molecule has 1 heteroatoms. The molecule has 0 aromatic carbocycles. The molecule has 9 heavy (non-hydrogen) atoms. The van der Waals surface area contributed by atoms with Crippen molar-refractivity contribution in [2.45, 2.75) is 32.8 Å². The third-order valence-corrected chi connectivity index (χ3v) is 2.07. The van der Waals surface area contributed by atoms with Crippen LogP contribution in [0.1, 0.15) is 26.7 Å². The van der Waals surface area contributed by atoms with Crippen molar-refractivity contribution in [3.05, 3.63) is 12.2 Å². The van der Waals surface area contributed by atoms with E-state index >= 15 is 0 Å². The average molecular weight is 126 g/mol. The van der Waals surface area contributed by atoms with E-state index in [0.717, 1.165) is 12.8 Å². The molecule has 1 aliphatic carbocycles. The van der Waals surface area contributed by atoms with Crippen LogP contribution in [-0.4, -0.2) is 11.2 Å². The molecule has 52 valence electrons. The van der Waals surface area contributed by atoms with Crippen molar-refractivity contribution in [2.75, 3.05) is 0 Å². The Morgan fingerprint density at radius 2 is 2.22 bits per heavy atom. The highest BCUT2D eigenvalue weighted by molar-refractivity contribution is 5.01. The maximum absolute atomic E-state index is 9.35. The highest BCUT2D eigenvalue weighted by atomic mass is 16.3. The molecule has 0 amide bonds. The average Bonchev–Trinajstić information content (AvgIpc) is 1.77. The molecule has 0 aromatic heterocycles. The molecule has 0 aromatic rings. The zero-order chi connectivity index (χ0) is 6.91. The van der Waals surface area contributed by atoms with Gasteiger partial charge in [0.25, 0.3) is 0 Å². The number of hydrogen-bond donors (Lipinski definition) is 1. The smallest absolute Gasteiger partial charge is 0.0771 e. The quantitative estimate of drug-likeness (QED) is 0.490. The van der Waals surface area contributed by atoms with Crippen molar-refractivity contribution in [3.8, 4) is 0 Å². The zero-order valence-electron chi connectivity index (χ0n) is 6.09. The molecule has 0 aliphatic heterocycles. The van der Waals surface area contributed by atoms with E-state index in [4.69, 9.17) is 0 Å². The summed E-state index contributed by atoms with van der Waals surface area (Å²) in [5.41, 5.74) is 0.106. The molecular formula is C8H14O. The molecular weight excluding hydrogens is 112 g/mol. The first-order valence-electron chi connectivity index (χ1n) is 3.48. The van der Waals surface area contributed by atoms with Gasteiger partial charge in [-0.3, -0.25) is 0 Å². The van der Waals surface area contributed by atoms with Crippen molar-refractivity contribution in [2.24, 2.45) is 5.41 Å². The minimum Gasteiger partial charge on any atom is -0.388 e. The van der Waals surface area contributed by atoms with Gasteiger partial charge >= 0.3 is 0 Å². The Bertz CT molecular complexity index is 125. The Hall–Kier alpha value is -0.300. The second-order valence-corrected chi connectivity index (χ2v) is 3.40. The van der Waals surface area contributed by atoms with E-state index < -0.39 is 0 Å². The molecule has 0 fully saturated rings. The van der Waals surface area contributed by atoms with Crippen LogP contribution in [0.25, 0.3) is 0 Å². The fraction of sp³-hybridized carbons (Fsp3) is 0.750. The van der Waals surface area contributed by atoms with Crippen LogP contribution in [0.4, 0.5) is 0 Å². The van der Waals surface area contributed by atoms with E-state index in [1.807, 2.05) is 6.08 Å². The van der Waals surface area contributed by atoms with Crippen molar-refractivity contribution >= 4 is 0 Å². The molecule has 0 unspecified atom stereocenters. The topological polar surface area (TPSA) is 20.2 Å². The highest BCUT2D eigenvalue weighted by Crippen LogP contribution is 2.31. The Morgan fingerprint density at radius 3 is 2.56 bits per heavy atom. The van der Waals surface area contributed by atoms with E-state index in [9.17, 15) is 5.11 Å². The molecule has 1 rings (SSSR count). The normalized spacial score (nSPS) is 32.6. The van der Waals surface area contributed by atoms with Crippen molar-refractivity contribution < 1.29 is 5.11 Å². The van der Waals surface area contributed by atoms with Crippen LogP contribution in [0.15, 0.2) is 12.2 Å². The standard InChI is InChI=1S/C8H14O/c1-8(2)6-4-3-5-7(8)9/h3,5,7,9H,4,6H2,1-2H3/t7-/m1/s1. The number of aliphatic hydroxyl groups excluding tert-OH is 1. The summed E-state index contributed by atoms with van der Waals surface area (Å²) < 4.78 is 0. The summed E-state index contributed by atoms with van der Waals surface area (Å²) in [6, 6.07) is 0. The first kappa shape index (κ1) is 6.81. The molecule has 1 aliphatic rings. The molecule has 0 saturated heterocycles. The third kappa shape index (κ3) is 1.33. The van der Waals surface area contributed by atoms with E-state index in [-0.39, 0.29) is 11.5 Å². The fourth-order valence-electron chi connectivity index (χ4n) is 1.09. The van der Waals surface area contributed by atoms with Crippen molar-refractivity contribution in [3.63, 3.8) is 0 Å². The summed E-state index contributed by atoms with van der Waals surface area (Å²) in [7, 11) is 0. The van der Waals surface area contributed by atoms with Crippen LogP contribution in [-0.2, 0) is 0 Å². The van der Waals surface area contributed by atoms with E-state index in [0.29, 0.717) is 0 Å². The summed E-state index contributed by atoms with van der Waals surface area (Å²) in [5.74, 6) is 0. The van der Waals surface area contributed by atoms with Gasteiger partial charge in [-0.2, -0.15) is 0 Å². The lowest BCUT2D eigenvalue weighted by molar-refractivity contribution is 0.0776. The van der Waals surface area contributed by atoms with Gasteiger partial charge in [-0.1, -0.05) is 26.0 Å². The summed E-state index contributed by atoms with van der Waals surface area (Å²) in [6.07, 6.45) is 5.93. The summed E-state index contributed by atoms with van der Waals surface area (Å²) in [5, 5.41) is 9.35. The van der Waals surface area contributed by atoms with Crippen LogP contribution in [0, 0.1) is 5.41 Å². The van der Waals surface area contributed by atoms with Gasteiger partial charge in [0.1, 0.15) is 0 Å². The van der Waals surface area contributed by atoms with Crippen LogP contribution < -0.4 is 0 Å². The van der Waals surface area contributed by atoms with Crippen LogP contribution in [0.2, 0.25) is 0 Å². The molecule has 0 spiro atoms. The van der Waals surface area contributed by atoms with Gasteiger partial charge in [0.2, 0.25) is 0 Å². The predicted molar refractivity (Wildman–Crippen MR) is 38.2 cm³/mol. The van der Waals surface area contributed by atoms with Gasteiger partial charge in [0.15, 0.2) is 0 Å². The maximum Gasteiger partial charge on any atom is 0.0771 e. The first-order chi connectivity index (χ1) is 4.13. The second-order valence-electron chi connectivity index (χ2n) is 3.40. The largest absolute Gasteiger partial charge is 0.388 e. The van der Waals surface area contributed by atoms with Crippen molar-refractivity contribution in [1.82, 2.24) is 0 Å². The monoisotopic (exact) mass is 126 g/mol. The van der Waals surface area contributed by atoms with Crippen LogP contribution in [0.3, 0.4) is 0 Å². The lowest BCUT2D eigenvalue weighted by Gasteiger charge is -2.30. The second kappa shape index (κ2) is 2.14.